The lowest BCUT2D eigenvalue weighted by Gasteiger charge is -2.37. The Labute approximate surface area is 117 Å². The molecular weight excluding hydrogens is 260 g/mol. The Morgan fingerprint density at radius 3 is 2.74 bits per heavy atom. The maximum Gasteiger partial charge on any atom is 0.165 e. The first-order valence-corrected chi connectivity index (χ1v) is 8.02. The van der Waals surface area contributed by atoms with E-state index in [1.807, 2.05) is 38.1 Å². The van der Waals surface area contributed by atoms with Gasteiger partial charge in [-0.2, -0.15) is 0 Å². The van der Waals surface area contributed by atoms with Crippen LogP contribution in [0.3, 0.4) is 0 Å². The summed E-state index contributed by atoms with van der Waals surface area (Å²) < 4.78 is 23.6. The van der Waals surface area contributed by atoms with Gasteiger partial charge in [0.25, 0.3) is 0 Å². The highest BCUT2D eigenvalue weighted by Gasteiger charge is 2.33. The van der Waals surface area contributed by atoms with Gasteiger partial charge < -0.3 is 9.47 Å². The van der Waals surface area contributed by atoms with Crippen LogP contribution in [0.5, 0.6) is 0 Å². The first kappa shape index (κ1) is 14.7. The Balaban J connectivity index is 1.97. The molecule has 1 fully saturated rings. The van der Waals surface area contributed by atoms with E-state index in [1.54, 1.807) is 7.11 Å². The summed E-state index contributed by atoms with van der Waals surface area (Å²) in [6, 6.07) is 7.86. The van der Waals surface area contributed by atoms with Gasteiger partial charge in [-0.05, 0) is 38.8 Å². The minimum atomic E-state index is -1.00. The monoisotopic (exact) mass is 282 g/mol. The van der Waals surface area contributed by atoms with Crippen molar-refractivity contribution in [2.24, 2.45) is 0 Å². The average Bonchev–Trinajstić information content (AvgIpc) is 2.39. The topological polar surface area (TPSA) is 35.5 Å². The normalized spacial score (nSPS) is 29.1. The zero-order chi connectivity index (χ0) is 13.9. The van der Waals surface area contributed by atoms with Gasteiger partial charge in [0.15, 0.2) is 5.79 Å². The molecule has 1 unspecified atom stereocenters. The molecule has 1 aromatic carbocycles. The number of rotatable bonds is 4. The van der Waals surface area contributed by atoms with Gasteiger partial charge in [0.05, 0.1) is 22.7 Å². The fraction of sp³-hybridized carbons (Fsp3) is 0.600. The van der Waals surface area contributed by atoms with Crippen molar-refractivity contribution >= 4 is 10.8 Å². The van der Waals surface area contributed by atoms with Gasteiger partial charge in [-0.3, -0.25) is 4.21 Å². The molecule has 0 amide bonds. The van der Waals surface area contributed by atoms with Gasteiger partial charge in [0.2, 0.25) is 0 Å². The molecule has 2 rings (SSSR count). The summed E-state index contributed by atoms with van der Waals surface area (Å²) in [5.74, 6) is 0.0302. The zero-order valence-electron chi connectivity index (χ0n) is 11.8. The lowest BCUT2D eigenvalue weighted by Crippen LogP contribution is -2.41. The average molecular weight is 282 g/mol. The van der Waals surface area contributed by atoms with Crippen molar-refractivity contribution in [3.8, 4) is 0 Å². The van der Waals surface area contributed by atoms with Crippen LogP contribution in [-0.2, 0) is 20.3 Å². The van der Waals surface area contributed by atoms with E-state index in [4.69, 9.17) is 9.47 Å². The molecule has 0 spiro atoms. The maximum absolute atomic E-state index is 12.3. The molecule has 1 heterocycles. The van der Waals surface area contributed by atoms with Crippen molar-refractivity contribution in [1.82, 2.24) is 0 Å². The second-order valence-corrected chi connectivity index (χ2v) is 6.79. The van der Waals surface area contributed by atoms with Crippen molar-refractivity contribution in [2.75, 3.05) is 12.9 Å². The molecule has 0 aliphatic carbocycles. The van der Waals surface area contributed by atoms with Gasteiger partial charge in [-0.15, -0.1) is 0 Å². The lowest BCUT2D eigenvalue weighted by atomic mass is 10.0. The van der Waals surface area contributed by atoms with E-state index in [0.717, 1.165) is 24.2 Å². The second-order valence-electron chi connectivity index (χ2n) is 5.30. The summed E-state index contributed by atoms with van der Waals surface area (Å²) in [4.78, 5) is 0.874. The number of benzene rings is 1. The molecule has 3 atom stereocenters. The highest BCUT2D eigenvalue weighted by molar-refractivity contribution is 7.85. The lowest BCUT2D eigenvalue weighted by molar-refractivity contribution is -0.252. The molecule has 19 heavy (non-hydrogen) atoms. The number of hydrogen-bond donors (Lipinski definition) is 0. The summed E-state index contributed by atoms with van der Waals surface area (Å²) in [6.07, 6.45) is 2.93. The van der Waals surface area contributed by atoms with Gasteiger partial charge in [-0.1, -0.05) is 17.7 Å². The highest BCUT2D eigenvalue weighted by atomic mass is 32.2. The fourth-order valence-electron chi connectivity index (χ4n) is 2.34. The van der Waals surface area contributed by atoms with Crippen LogP contribution in [0.2, 0.25) is 0 Å². The minimum Gasteiger partial charge on any atom is -0.353 e. The molecular formula is C15H22O3S. The van der Waals surface area contributed by atoms with Crippen molar-refractivity contribution in [2.45, 2.75) is 49.9 Å². The Hall–Kier alpha value is -0.710. The summed E-state index contributed by atoms with van der Waals surface area (Å²) >= 11 is 0. The first-order valence-electron chi connectivity index (χ1n) is 6.70. The van der Waals surface area contributed by atoms with Gasteiger partial charge in [0, 0.05) is 18.4 Å². The Kier molecular flexibility index (Phi) is 4.76. The smallest absolute Gasteiger partial charge is 0.165 e. The highest BCUT2D eigenvalue weighted by Crippen LogP contribution is 2.29. The molecule has 3 nitrogen and oxygen atoms in total. The van der Waals surface area contributed by atoms with Crippen LogP contribution in [0.1, 0.15) is 31.7 Å². The first-order chi connectivity index (χ1) is 9.02. The molecule has 4 heteroatoms. The second kappa shape index (κ2) is 6.16. The van der Waals surface area contributed by atoms with E-state index in [0.29, 0.717) is 5.75 Å². The largest absolute Gasteiger partial charge is 0.353 e. The molecule has 0 N–H and O–H groups in total. The van der Waals surface area contributed by atoms with Crippen LogP contribution in [0.15, 0.2) is 29.2 Å². The number of hydrogen-bond acceptors (Lipinski definition) is 3. The Morgan fingerprint density at radius 2 is 2.11 bits per heavy atom. The number of aryl methyl sites for hydroxylation is 1. The summed E-state index contributed by atoms with van der Waals surface area (Å²) in [6.45, 7) is 3.98. The fourth-order valence-corrected chi connectivity index (χ4v) is 3.55. The van der Waals surface area contributed by atoms with Crippen LogP contribution in [0, 0.1) is 6.92 Å². The van der Waals surface area contributed by atoms with E-state index in [-0.39, 0.29) is 6.10 Å². The number of ether oxygens (including phenoxy) is 2. The summed E-state index contributed by atoms with van der Waals surface area (Å²) in [7, 11) is 0.661. The van der Waals surface area contributed by atoms with Gasteiger partial charge >= 0.3 is 0 Å². The SMILES string of the molecule is CO[C@]1(C)CCC[C@H](CS(=O)c2ccc(C)cc2)O1. The van der Waals surface area contributed by atoms with Crippen molar-refractivity contribution in [1.29, 1.82) is 0 Å². The molecule has 0 bridgehead atoms. The molecule has 0 saturated carbocycles. The Morgan fingerprint density at radius 1 is 1.42 bits per heavy atom. The third-order valence-corrected chi connectivity index (χ3v) is 5.10. The van der Waals surface area contributed by atoms with Gasteiger partial charge in [-0.25, -0.2) is 0 Å². The number of methoxy groups -OCH3 is 1. The zero-order valence-corrected chi connectivity index (χ0v) is 12.7. The standard InChI is InChI=1S/C15H22O3S/c1-12-6-8-14(9-7-12)19(16)11-13-5-4-10-15(2,17-3)18-13/h6-9,13H,4-5,10-11H2,1-3H3/t13-,15+,19?/m1/s1. The van der Waals surface area contributed by atoms with E-state index >= 15 is 0 Å². The van der Waals surface area contributed by atoms with E-state index in [2.05, 4.69) is 0 Å². The minimum absolute atomic E-state index is 0.0147. The van der Waals surface area contributed by atoms with Gasteiger partial charge in [0.1, 0.15) is 0 Å². The molecule has 1 saturated heterocycles. The van der Waals surface area contributed by atoms with E-state index < -0.39 is 16.6 Å². The van der Waals surface area contributed by atoms with E-state index in [1.165, 1.54) is 5.56 Å². The quantitative estimate of drug-likeness (QED) is 0.851. The Bertz CT molecular complexity index is 443. The van der Waals surface area contributed by atoms with Crippen molar-refractivity contribution < 1.29 is 13.7 Å². The van der Waals surface area contributed by atoms with Crippen molar-refractivity contribution in [3.05, 3.63) is 29.8 Å². The van der Waals surface area contributed by atoms with Crippen LogP contribution in [-0.4, -0.2) is 29.0 Å². The summed E-state index contributed by atoms with van der Waals surface area (Å²) in [5, 5.41) is 0. The van der Waals surface area contributed by atoms with Crippen LogP contribution in [0.25, 0.3) is 0 Å². The molecule has 1 aromatic rings. The maximum atomic E-state index is 12.3. The van der Waals surface area contributed by atoms with Crippen LogP contribution >= 0.6 is 0 Å². The predicted octanol–water partition coefficient (Wildman–Crippen LogP) is 3.03. The predicted molar refractivity (Wildman–Crippen MR) is 76.6 cm³/mol. The summed E-state index contributed by atoms with van der Waals surface area (Å²) in [5.41, 5.74) is 1.18. The van der Waals surface area contributed by atoms with E-state index in [9.17, 15) is 4.21 Å². The molecule has 0 radical (unpaired) electrons. The molecule has 0 aromatic heterocycles. The van der Waals surface area contributed by atoms with Crippen LogP contribution in [0.4, 0.5) is 0 Å². The molecule has 1 aliphatic rings. The molecule has 106 valence electrons. The molecule has 1 aliphatic heterocycles. The van der Waals surface area contributed by atoms with Crippen LogP contribution < -0.4 is 0 Å². The third-order valence-electron chi connectivity index (χ3n) is 3.63. The third kappa shape index (κ3) is 3.88. The van der Waals surface area contributed by atoms with Crippen molar-refractivity contribution in [3.63, 3.8) is 0 Å².